The molecule has 0 aromatic carbocycles. The van der Waals surface area contributed by atoms with Crippen LogP contribution in [0.5, 0.6) is 0 Å². The molecule has 8 heteroatoms. The zero-order valence-electron chi connectivity index (χ0n) is 12.0. The van der Waals surface area contributed by atoms with Gasteiger partial charge in [0.2, 0.25) is 0 Å². The highest BCUT2D eigenvalue weighted by Gasteiger charge is 2.11. The van der Waals surface area contributed by atoms with E-state index in [1.54, 1.807) is 41.9 Å². The quantitative estimate of drug-likeness (QED) is 0.770. The van der Waals surface area contributed by atoms with E-state index in [0.717, 1.165) is 11.4 Å². The summed E-state index contributed by atoms with van der Waals surface area (Å²) in [5.41, 5.74) is 2.98. The van der Waals surface area contributed by atoms with E-state index >= 15 is 0 Å². The molecule has 0 atom stereocenters. The molecule has 0 fully saturated rings. The Morgan fingerprint density at radius 1 is 1.29 bits per heavy atom. The summed E-state index contributed by atoms with van der Waals surface area (Å²) in [6.07, 6.45) is 6.84. The highest BCUT2D eigenvalue weighted by molar-refractivity contribution is 5.88. The van der Waals surface area contributed by atoms with Crippen LogP contribution in [0.3, 0.4) is 0 Å². The summed E-state index contributed by atoms with van der Waals surface area (Å²) < 4.78 is 3.32. The number of hydrogen-bond donors (Lipinski definition) is 1. The van der Waals surface area contributed by atoms with E-state index in [1.165, 1.54) is 4.90 Å². The average molecular weight is 285 g/mol. The van der Waals surface area contributed by atoms with E-state index in [4.69, 9.17) is 0 Å². The number of amides is 2. The summed E-state index contributed by atoms with van der Waals surface area (Å²) in [6, 6.07) is 1.68. The van der Waals surface area contributed by atoms with Gasteiger partial charge in [-0.2, -0.15) is 10.2 Å². The van der Waals surface area contributed by atoms with Crippen LogP contribution in [-0.2, 0) is 0 Å². The lowest BCUT2D eigenvalue weighted by atomic mass is 10.4. The number of anilines is 1. The topological polar surface area (TPSA) is 80.4 Å². The van der Waals surface area contributed by atoms with E-state index in [2.05, 4.69) is 20.5 Å². The Morgan fingerprint density at radius 2 is 2.10 bits per heavy atom. The minimum Gasteiger partial charge on any atom is -0.331 e. The van der Waals surface area contributed by atoms with Gasteiger partial charge in [0, 0.05) is 26.0 Å². The van der Waals surface area contributed by atoms with Gasteiger partial charge in [-0.15, -0.1) is 0 Å². The maximum Gasteiger partial charge on any atom is 0.321 e. The number of hydrogen-bond acceptors (Lipinski definition) is 4. The summed E-state index contributed by atoms with van der Waals surface area (Å²) in [5.74, 6) is 0. The molecule has 3 rings (SSSR count). The van der Waals surface area contributed by atoms with Gasteiger partial charge in [-0.3, -0.25) is 0 Å². The van der Waals surface area contributed by atoms with Crippen molar-refractivity contribution in [2.24, 2.45) is 0 Å². The second kappa shape index (κ2) is 4.89. The first-order chi connectivity index (χ1) is 10.0. The Balaban J connectivity index is 1.95. The van der Waals surface area contributed by atoms with Crippen LogP contribution in [0, 0.1) is 6.92 Å². The fourth-order valence-electron chi connectivity index (χ4n) is 1.86. The van der Waals surface area contributed by atoms with Gasteiger partial charge in [0.1, 0.15) is 5.69 Å². The van der Waals surface area contributed by atoms with Gasteiger partial charge < -0.3 is 10.2 Å². The number of nitrogens with zero attached hydrogens (tertiary/aromatic N) is 6. The average Bonchev–Trinajstić information content (AvgIpc) is 3.04. The number of carbonyl (C=O) groups is 1. The summed E-state index contributed by atoms with van der Waals surface area (Å²) >= 11 is 0. The first-order valence-electron chi connectivity index (χ1n) is 6.39. The Hall–Kier alpha value is -2.90. The first kappa shape index (κ1) is 13.1. The lowest BCUT2D eigenvalue weighted by molar-refractivity contribution is 0.230. The van der Waals surface area contributed by atoms with Gasteiger partial charge in [0.05, 0.1) is 24.3 Å². The predicted molar refractivity (Wildman–Crippen MR) is 77.6 cm³/mol. The molecule has 0 radical (unpaired) electrons. The second-order valence-electron chi connectivity index (χ2n) is 4.87. The molecule has 0 unspecified atom stereocenters. The van der Waals surface area contributed by atoms with Crippen LogP contribution in [0.4, 0.5) is 10.5 Å². The number of urea groups is 1. The molecule has 0 aliphatic heterocycles. The molecule has 0 saturated carbocycles. The first-order valence-corrected chi connectivity index (χ1v) is 6.39. The molecule has 8 nitrogen and oxygen atoms in total. The van der Waals surface area contributed by atoms with Crippen molar-refractivity contribution in [3.63, 3.8) is 0 Å². The van der Waals surface area contributed by atoms with Crippen molar-refractivity contribution in [1.82, 2.24) is 29.3 Å². The molecule has 3 heterocycles. The van der Waals surface area contributed by atoms with Crippen molar-refractivity contribution in [3.8, 4) is 5.69 Å². The molecule has 3 aromatic heterocycles. The molecule has 2 amide bonds. The van der Waals surface area contributed by atoms with E-state index in [1.807, 2.05) is 19.2 Å². The number of fused-ring (bicyclic) bond motifs is 1. The van der Waals surface area contributed by atoms with Gasteiger partial charge >= 0.3 is 6.03 Å². The number of aryl methyl sites for hydroxylation is 1. The number of carbonyl (C=O) groups excluding carboxylic acids is 1. The fourth-order valence-corrected chi connectivity index (χ4v) is 1.86. The van der Waals surface area contributed by atoms with Gasteiger partial charge in [0.25, 0.3) is 0 Å². The van der Waals surface area contributed by atoms with Crippen molar-refractivity contribution >= 4 is 17.4 Å². The maximum atomic E-state index is 11.6. The smallest absolute Gasteiger partial charge is 0.321 e. The van der Waals surface area contributed by atoms with Crippen LogP contribution < -0.4 is 5.32 Å². The minimum absolute atomic E-state index is 0.205. The van der Waals surface area contributed by atoms with Crippen molar-refractivity contribution in [2.45, 2.75) is 6.92 Å². The summed E-state index contributed by atoms with van der Waals surface area (Å²) in [4.78, 5) is 17.5. The highest BCUT2D eigenvalue weighted by atomic mass is 16.2. The largest absolute Gasteiger partial charge is 0.331 e. The molecule has 108 valence electrons. The Labute approximate surface area is 121 Å². The molecule has 1 N–H and O–H groups in total. The standard InChI is InChI=1S/C13H15N7O/c1-9-4-5-19-12(16-9)11(7-15-19)20-8-10(6-14-20)17-13(21)18(2)3/h4-8H,1-3H3,(H,17,21). The van der Waals surface area contributed by atoms with Crippen LogP contribution in [0.15, 0.2) is 30.9 Å². The Kier molecular flexibility index (Phi) is 3.05. The van der Waals surface area contributed by atoms with E-state index in [-0.39, 0.29) is 6.03 Å². The fraction of sp³-hybridized carbons (Fsp3) is 0.231. The summed E-state index contributed by atoms with van der Waals surface area (Å²) in [5, 5.41) is 11.2. The van der Waals surface area contributed by atoms with Crippen molar-refractivity contribution in [2.75, 3.05) is 19.4 Å². The number of nitrogens with one attached hydrogen (secondary N) is 1. The van der Waals surface area contributed by atoms with Crippen LogP contribution in [-0.4, -0.2) is 49.4 Å². The molecule has 0 aliphatic carbocycles. The predicted octanol–water partition coefficient (Wildman–Crippen LogP) is 1.32. The Bertz CT molecular complexity index is 802. The zero-order valence-corrected chi connectivity index (χ0v) is 12.0. The number of rotatable bonds is 2. The van der Waals surface area contributed by atoms with Crippen LogP contribution in [0.1, 0.15) is 5.69 Å². The third-order valence-electron chi connectivity index (χ3n) is 2.98. The van der Waals surface area contributed by atoms with Crippen LogP contribution in [0.25, 0.3) is 11.3 Å². The van der Waals surface area contributed by atoms with Crippen molar-refractivity contribution < 1.29 is 4.79 Å². The normalized spacial score (nSPS) is 10.8. The SMILES string of the molecule is Cc1ccn2ncc(-n3cc(NC(=O)N(C)C)cn3)c2n1. The third-order valence-corrected chi connectivity index (χ3v) is 2.98. The monoisotopic (exact) mass is 285 g/mol. The number of aromatic nitrogens is 5. The molecule has 21 heavy (non-hydrogen) atoms. The van der Waals surface area contributed by atoms with Crippen molar-refractivity contribution in [1.29, 1.82) is 0 Å². The lowest BCUT2D eigenvalue weighted by Gasteiger charge is -2.09. The maximum absolute atomic E-state index is 11.6. The van der Waals surface area contributed by atoms with E-state index in [0.29, 0.717) is 11.3 Å². The van der Waals surface area contributed by atoms with Gasteiger partial charge in [-0.1, -0.05) is 0 Å². The molecular weight excluding hydrogens is 270 g/mol. The van der Waals surface area contributed by atoms with Gasteiger partial charge in [-0.05, 0) is 13.0 Å². The van der Waals surface area contributed by atoms with Gasteiger partial charge in [-0.25, -0.2) is 19.0 Å². The van der Waals surface area contributed by atoms with E-state index < -0.39 is 0 Å². The third kappa shape index (κ3) is 2.42. The van der Waals surface area contributed by atoms with Crippen molar-refractivity contribution in [3.05, 3.63) is 36.5 Å². The molecular formula is C13H15N7O. The molecule has 0 bridgehead atoms. The molecule has 0 spiro atoms. The minimum atomic E-state index is -0.205. The van der Waals surface area contributed by atoms with Crippen LogP contribution in [0.2, 0.25) is 0 Å². The summed E-state index contributed by atoms with van der Waals surface area (Å²) in [6.45, 7) is 1.92. The van der Waals surface area contributed by atoms with E-state index in [9.17, 15) is 4.79 Å². The second-order valence-corrected chi connectivity index (χ2v) is 4.87. The van der Waals surface area contributed by atoms with Gasteiger partial charge in [0.15, 0.2) is 5.65 Å². The molecule has 0 saturated heterocycles. The zero-order chi connectivity index (χ0) is 15.0. The highest BCUT2D eigenvalue weighted by Crippen LogP contribution is 2.16. The summed E-state index contributed by atoms with van der Waals surface area (Å²) in [7, 11) is 3.36. The lowest BCUT2D eigenvalue weighted by Crippen LogP contribution is -2.27. The Morgan fingerprint density at radius 3 is 2.86 bits per heavy atom. The molecule has 0 aliphatic rings. The molecule has 3 aromatic rings. The van der Waals surface area contributed by atoms with Crippen LogP contribution >= 0.6 is 0 Å².